The number of primary amides is 1. The van der Waals surface area contributed by atoms with E-state index < -0.39 is 76.1 Å². The second-order valence-electron chi connectivity index (χ2n) is 24.3. The molecule has 10 N–H and O–H groups in total. The molecule has 0 spiro atoms. The van der Waals surface area contributed by atoms with Gasteiger partial charge in [0.25, 0.3) is 21.8 Å². The maximum absolute atomic E-state index is 14.6. The van der Waals surface area contributed by atoms with Crippen LogP contribution in [-0.4, -0.2) is 207 Å². The molecule has 13 atom stereocenters. The molecule has 1 saturated heterocycles. The Morgan fingerprint density at radius 1 is 0.805 bits per heavy atom. The van der Waals surface area contributed by atoms with Crippen molar-refractivity contribution in [2.45, 2.75) is 174 Å². The Morgan fingerprint density at radius 3 is 1.94 bits per heavy atom. The van der Waals surface area contributed by atoms with Gasteiger partial charge in [0.05, 0.1) is 81.2 Å². The number of ether oxygens (including phenoxy) is 5. The number of hydrogen-bond acceptors (Lipinski definition) is 18. The molecule has 2 heterocycles. The first-order chi connectivity index (χ1) is 41.1. The molecule has 0 saturated carbocycles. The number of nitrogens with zero attached hydrogens (tertiary/aromatic N) is 3. The Balaban J connectivity index is 1.73. The van der Waals surface area contributed by atoms with E-state index in [0.29, 0.717) is 31.2 Å². The van der Waals surface area contributed by atoms with E-state index >= 15 is 0 Å². The minimum absolute atomic E-state index is 0.0297. The van der Waals surface area contributed by atoms with Crippen LogP contribution in [0.25, 0.3) is 0 Å². The Bertz CT molecular complexity index is 2440. The zero-order valence-corrected chi connectivity index (χ0v) is 55.2. The van der Waals surface area contributed by atoms with E-state index in [1.165, 1.54) is 31.4 Å². The second-order valence-corrected chi connectivity index (χ2v) is 26.0. The highest BCUT2D eigenvalue weighted by Gasteiger charge is 2.46. The number of anilines is 1. The van der Waals surface area contributed by atoms with E-state index in [-0.39, 0.29) is 142 Å². The van der Waals surface area contributed by atoms with Crippen molar-refractivity contribution in [3.05, 3.63) is 36.4 Å². The van der Waals surface area contributed by atoms with E-state index in [2.05, 4.69) is 91.8 Å². The molecule has 2 aliphatic rings. The Hall–Kier alpha value is -5.16. The molecule has 0 aromatic heterocycles. The van der Waals surface area contributed by atoms with Gasteiger partial charge in [-0.15, -0.1) is 0 Å². The molecule has 8 amide bonds. The van der Waals surface area contributed by atoms with Crippen LogP contribution in [0.4, 0.5) is 10.5 Å². The summed E-state index contributed by atoms with van der Waals surface area (Å²) in [6, 6.07) is 2.53. The lowest BCUT2D eigenvalue weighted by Crippen LogP contribution is -2.61. The summed E-state index contributed by atoms with van der Waals surface area (Å²) < 4.78 is 59.1. The molecule has 2 aliphatic heterocycles. The number of nitrogens with two attached hydrogens (primary N) is 2. The number of likely N-dealkylation sites (N-methyl/N-ethyl adjacent to an activating group) is 1. The van der Waals surface area contributed by atoms with Crippen LogP contribution in [0.15, 0.2) is 41.3 Å². The summed E-state index contributed by atoms with van der Waals surface area (Å²) >= 11 is 0. The van der Waals surface area contributed by atoms with Gasteiger partial charge >= 0.3 is 6.03 Å². The highest BCUT2D eigenvalue weighted by Crippen LogP contribution is 2.37. The van der Waals surface area contributed by atoms with E-state index in [0.717, 1.165) is 23.5 Å². The molecule has 1 aromatic rings. The predicted molar refractivity (Wildman–Crippen MR) is 333 cm³/mol. The van der Waals surface area contributed by atoms with Gasteiger partial charge in [-0.05, 0) is 108 Å². The monoisotopic (exact) mass is 1250 g/mol. The number of likely N-dealkylation sites (tertiary alicyclic amines) is 1. The van der Waals surface area contributed by atoms with Crippen LogP contribution in [0.1, 0.15) is 114 Å². The third-order valence-corrected chi connectivity index (χ3v) is 18.4. The van der Waals surface area contributed by atoms with Crippen molar-refractivity contribution >= 4 is 57.2 Å². The van der Waals surface area contributed by atoms with Crippen molar-refractivity contribution in [2.75, 3.05) is 93.4 Å². The lowest BCUT2D eigenvalue weighted by Gasteiger charge is -2.47. The average Bonchev–Trinajstić information content (AvgIpc) is 1.94. The fourth-order valence-corrected chi connectivity index (χ4v) is 13.1. The molecule has 3 unspecified atom stereocenters. The minimum Gasteiger partial charge on any atom is -0.381 e. The molecule has 25 nitrogen and oxygen atoms in total. The van der Waals surface area contributed by atoms with Crippen LogP contribution in [0.5, 0.6) is 0 Å². The van der Waals surface area contributed by atoms with E-state index in [4.69, 9.17) is 35.2 Å². The fraction of sp³-hybridized carbons (Fsp3) is 0.754. The summed E-state index contributed by atoms with van der Waals surface area (Å²) in [6.45, 7) is 21.7. The quantitative estimate of drug-likeness (QED) is 0.0344. The van der Waals surface area contributed by atoms with Crippen LogP contribution in [0, 0.1) is 41.4 Å². The Kier molecular flexibility index (Phi) is 33.0. The SMILES string of the molecule is CC[C@@H](C)[C@@H](C(NC)[C@@H](C(C)C)C(N)[C@H](C(C)C)N(C)C)[C@@H](CC(=O)N1CCC[C@H]1[C@H](OC)[C@@H](C)C(=O)NS(=O)(=O)c1ccc(NC(=O)[C@H](CCCNC(N)=O)NC(COCCOCCOCCC(=O)N[C@@H](C)C(C)C)N2C(=O)C=CC2=O)cc1)OC. The normalized spacial score (nSPS) is 18.9. The van der Waals surface area contributed by atoms with Gasteiger partial charge in [0, 0.05) is 81.7 Å². The minimum atomic E-state index is -4.49. The zero-order chi connectivity index (χ0) is 65.3. The van der Waals surface area contributed by atoms with Crippen molar-refractivity contribution in [3.63, 3.8) is 0 Å². The van der Waals surface area contributed by atoms with Crippen molar-refractivity contribution in [3.8, 4) is 0 Å². The van der Waals surface area contributed by atoms with Gasteiger partial charge < -0.3 is 66.2 Å². The number of nitrogens with one attached hydrogen (secondary N) is 6. The Labute approximate surface area is 518 Å². The molecule has 1 aromatic carbocycles. The van der Waals surface area contributed by atoms with Crippen LogP contribution in [0.3, 0.4) is 0 Å². The van der Waals surface area contributed by atoms with E-state index in [9.17, 15) is 42.0 Å². The first-order valence-corrected chi connectivity index (χ1v) is 32.3. The number of methoxy groups -OCH3 is 2. The number of carbonyl (C=O) groups excluding carboxylic acids is 7. The van der Waals surface area contributed by atoms with Crippen molar-refractivity contribution < 1.29 is 65.7 Å². The van der Waals surface area contributed by atoms with Gasteiger partial charge in [-0.2, -0.15) is 0 Å². The van der Waals surface area contributed by atoms with E-state index in [1.54, 1.807) is 18.9 Å². The zero-order valence-electron chi connectivity index (χ0n) is 54.4. The molecule has 0 radical (unpaired) electrons. The smallest absolute Gasteiger partial charge is 0.312 e. The third-order valence-electron chi connectivity index (χ3n) is 17.0. The number of urea groups is 1. The van der Waals surface area contributed by atoms with Gasteiger partial charge in [0.15, 0.2) is 0 Å². The molecule has 496 valence electrons. The summed E-state index contributed by atoms with van der Waals surface area (Å²) in [4.78, 5) is 96.7. The summed E-state index contributed by atoms with van der Waals surface area (Å²) in [5, 5.41) is 14.8. The molecular weight excluding hydrogens is 1140 g/mol. The highest BCUT2D eigenvalue weighted by atomic mass is 32.2. The molecule has 0 bridgehead atoms. The number of carbonyl (C=O) groups is 7. The lowest BCUT2D eigenvalue weighted by molar-refractivity contribution is -0.143. The topological polar surface area (TPSA) is 334 Å². The number of imide groups is 1. The maximum Gasteiger partial charge on any atom is 0.312 e. The molecule has 26 heteroatoms. The van der Waals surface area contributed by atoms with Crippen LogP contribution in [-0.2, 0) is 62.5 Å². The fourth-order valence-electron chi connectivity index (χ4n) is 12.0. The third kappa shape index (κ3) is 23.3. The predicted octanol–water partition coefficient (Wildman–Crippen LogP) is 3.17. The number of amides is 8. The second kappa shape index (κ2) is 37.7. The molecule has 87 heavy (non-hydrogen) atoms. The number of benzene rings is 1. The van der Waals surface area contributed by atoms with Gasteiger partial charge in [-0.1, -0.05) is 68.7 Å². The average molecular weight is 1250 g/mol. The number of rotatable bonds is 42. The first kappa shape index (κ1) is 76.1. The standard InChI is InChI=1S/C61H107N11O14S/c1-16-40(8)54(56(64-11)53(38(4)5)55(62)57(39(6)7)70(12)13)47(82-14)35-52(76)71-29-18-20-46(71)58(83-15)41(9)59(77)69-87(80,81)44-23-21-43(22-24-44)67-60(78)45(19-17-28-65-61(63)79)68-48(72-50(74)25-26-51(72)75)36-86-34-33-85-32-31-84-30-27-49(73)66-42(10)37(2)3/h21-26,37-42,45-48,53-58,64,68H,16-20,27-36,62H2,1-15H3,(H,66,73)(H,67,78)(H,69,77)(H3,63,65,79)/t40-,41-,42+,45+,46+,47-,48?,53+,54-,55?,56?,57+,58-/m1/s1. The van der Waals surface area contributed by atoms with Gasteiger partial charge in [-0.25, -0.2) is 17.9 Å². The first-order valence-electron chi connectivity index (χ1n) is 30.9. The molecule has 3 rings (SSSR count). The van der Waals surface area contributed by atoms with Gasteiger partial charge in [0.1, 0.15) is 6.17 Å². The highest BCUT2D eigenvalue weighted by molar-refractivity contribution is 7.90. The number of sulfonamides is 1. The van der Waals surface area contributed by atoms with Crippen molar-refractivity contribution in [1.82, 2.24) is 40.7 Å². The molecule has 1 fully saturated rings. The number of hydrogen-bond donors (Lipinski definition) is 8. The Morgan fingerprint density at radius 2 is 1.41 bits per heavy atom. The van der Waals surface area contributed by atoms with Crippen LogP contribution in [0.2, 0.25) is 0 Å². The van der Waals surface area contributed by atoms with Crippen molar-refractivity contribution in [1.29, 1.82) is 0 Å². The largest absolute Gasteiger partial charge is 0.381 e. The molecular formula is C61H107N11O14S. The summed E-state index contributed by atoms with van der Waals surface area (Å²) in [6.07, 6.45) is 2.27. The van der Waals surface area contributed by atoms with Crippen LogP contribution >= 0.6 is 0 Å². The lowest BCUT2D eigenvalue weighted by atomic mass is 9.68. The van der Waals surface area contributed by atoms with Crippen molar-refractivity contribution in [2.24, 2.45) is 52.9 Å². The van der Waals surface area contributed by atoms with Crippen LogP contribution < -0.4 is 42.8 Å². The van der Waals surface area contributed by atoms with Gasteiger partial charge in [-0.3, -0.25) is 39.0 Å². The molecule has 0 aliphatic carbocycles. The van der Waals surface area contributed by atoms with Gasteiger partial charge in [0.2, 0.25) is 23.6 Å². The maximum atomic E-state index is 14.6. The van der Waals surface area contributed by atoms with E-state index in [1.807, 2.05) is 27.8 Å². The summed E-state index contributed by atoms with van der Waals surface area (Å²) in [7, 11) is 4.66. The summed E-state index contributed by atoms with van der Waals surface area (Å²) in [5.74, 6) is -3.18. The summed E-state index contributed by atoms with van der Waals surface area (Å²) in [5.41, 5.74) is 12.7.